The molecule has 1 atom stereocenters. The molecule has 1 saturated heterocycles. The maximum absolute atomic E-state index is 12.4. The average molecular weight is 304 g/mol. The molecule has 1 heterocycles. The van der Waals surface area contributed by atoms with Gasteiger partial charge in [-0.3, -0.25) is 4.90 Å². The van der Waals surface area contributed by atoms with Crippen LogP contribution in [0.1, 0.15) is 12.0 Å². The van der Waals surface area contributed by atoms with E-state index in [1.165, 1.54) is 12.1 Å². The van der Waals surface area contributed by atoms with E-state index in [4.69, 9.17) is 10.5 Å². The molecule has 0 saturated carbocycles. The Morgan fingerprint density at radius 1 is 1.33 bits per heavy atom. The van der Waals surface area contributed by atoms with E-state index in [1.54, 1.807) is 12.1 Å². The molecule has 118 valence electrons. The third-order valence-electron chi connectivity index (χ3n) is 3.30. The summed E-state index contributed by atoms with van der Waals surface area (Å²) in [4.78, 5) is 2.06. The summed E-state index contributed by atoms with van der Waals surface area (Å²) in [6, 6.07) is 6.21. The van der Waals surface area contributed by atoms with Crippen LogP contribution in [0.4, 0.5) is 13.2 Å². The molecule has 1 aliphatic heterocycles. The lowest BCUT2D eigenvalue weighted by molar-refractivity contribution is -0.275. The van der Waals surface area contributed by atoms with E-state index in [0.717, 1.165) is 6.42 Å². The molecule has 0 radical (unpaired) electrons. The van der Waals surface area contributed by atoms with Crippen LogP contribution < -0.4 is 10.5 Å². The van der Waals surface area contributed by atoms with Crippen LogP contribution in [0.15, 0.2) is 24.3 Å². The molecule has 0 unspecified atom stereocenters. The van der Waals surface area contributed by atoms with E-state index in [0.29, 0.717) is 38.3 Å². The normalized spacial score (nSPS) is 20.5. The van der Waals surface area contributed by atoms with E-state index < -0.39 is 6.36 Å². The second-order valence-corrected chi connectivity index (χ2v) is 4.96. The van der Waals surface area contributed by atoms with Crippen LogP contribution in [-0.2, 0) is 11.3 Å². The zero-order valence-corrected chi connectivity index (χ0v) is 11.6. The fraction of sp³-hybridized carbons (Fsp3) is 0.571. The summed E-state index contributed by atoms with van der Waals surface area (Å²) in [7, 11) is 0. The lowest BCUT2D eigenvalue weighted by Crippen LogP contribution is -2.42. The summed E-state index contributed by atoms with van der Waals surface area (Å²) in [5, 5.41) is 0. The summed E-state index contributed by atoms with van der Waals surface area (Å²) >= 11 is 0. The van der Waals surface area contributed by atoms with Gasteiger partial charge in [0.15, 0.2) is 0 Å². The average Bonchev–Trinajstić information content (AvgIpc) is 2.40. The Bertz CT molecular complexity index is 452. The molecule has 1 aromatic rings. The predicted octanol–water partition coefficient (Wildman–Crippen LogP) is 2.13. The molecular weight excluding hydrogens is 285 g/mol. The maximum atomic E-state index is 12.4. The summed E-state index contributed by atoms with van der Waals surface area (Å²) in [5.74, 6) is -0.146. The van der Waals surface area contributed by atoms with Crippen molar-refractivity contribution in [3.63, 3.8) is 0 Å². The van der Waals surface area contributed by atoms with Gasteiger partial charge < -0.3 is 15.2 Å². The minimum absolute atomic E-state index is 0.0412. The monoisotopic (exact) mass is 304 g/mol. The Morgan fingerprint density at radius 3 is 2.81 bits per heavy atom. The quantitative estimate of drug-likeness (QED) is 0.905. The van der Waals surface area contributed by atoms with Crippen molar-refractivity contribution in [3.8, 4) is 5.75 Å². The molecule has 21 heavy (non-hydrogen) atoms. The van der Waals surface area contributed by atoms with Crippen molar-refractivity contribution in [2.75, 3.05) is 26.2 Å². The minimum atomic E-state index is -4.68. The number of hydrogen-bond acceptors (Lipinski definition) is 4. The second-order valence-electron chi connectivity index (χ2n) is 4.96. The van der Waals surface area contributed by atoms with E-state index in [-0.39, 0.29) is 11.9 Å². The number of hydrogen-bond donors (Lipinski definition) is 1. The molecule has 1 aromatic carbocycles. The van der Waals surface area contributed by atoms with Gasteiger partial charge in [-0.2, -0.15) is 0 Å². The molecule has 0 amide bonds. The first-order chi connectivity index (χ1) is 9.98. The zero-order valence-electron chi connectivity index (χ0n) is 11.6. The van der Waals surface area contributed by atoms with Crippen molar-refractivity contribution >= 4 is 0 Å². The maximum Gasteiger partial charge on any atom is 0.573 e. The summed E-state index contributed by atoms with van der Waals surface area (Å²) < 4.78 is 46.8. The van der Waals surface area contributed by atoms with Crippen LogP contribution in [-0.4, -0.2) is 43.6 Å². The predicted molar refractivity (Wildman–Crippen MR) is 71.8 cm³/mol. The summed E-state index contributed by atoms with van der Waals surface area (Å²) in [6.45, 7) is 2.84. The molecule has 2 N–H and O–H groups in total. The van der Waals surface area contributed by atoms with Crippen molar-refractivity contribution in [2.24, 2.45) is 5.73 Å². The third-order valence-corrected chi connectivity index (χ3v) is 3.30. The van der Waals surface area contributed by atoms with Crippen LogP contribution in [0.25, 0.3) is 0 Å². The van der Waals surface area contributed by atoms with Crippen LogP contribution in [0.2, 0.25) is 0 Å². The molecule has 0 bridgehead atoms. The largest absolute Gasteiger partial charge is 0.573 e. The first-order valence-electron chi connectivity index (χ1n) is 6.85. The number of alkyl halides is 3. The SMILES string of the molecule is NCC[C@H]1CN(Cc2ccccc2OC(F)(F)F)CCO1. The molecular formula is C14H19F3N2O2. The van der Waals surface area contributed by atoms with E-state index >= 15 is 0 Å². The van der Waals surface area contributed by atoms with Gasteiger partial charge in [0, 0.05) is 25.2 Å². The number of rotatable bonds is 5. The van der Waals surface area contributed by atoms with Gasteiger partial charge in [0.25, 0.3) is 0 Å². The molecule has 4 nitrogen and oxygen atoms in total. The number of nitrogens with zero attached hydrogens (tertiary/aromatic N) is 1. The van der Waals surface area contributed by atoms with Crippen LogP contribution in [0, 0.1) is 0 Å². The van der Waals surface area contributed by atoms with Crippen molar-refractivity contribution in [1.29, 1.82) is 0 Å². The number of halogens is 3. The topological polar surface area (TPSA) is 47.7 Å². The molecule has 1 fully saturated rings. The number of benzene rings is 1. The van der Waals surface area contributed by atoms with Gasteiger partial charge in [0.05, 0.1) is 12.7 Å². The highest BCUT2D eigenvalue weighted by atomic mass is 19.4. The van der Waals surface area contributed by atoms with Gasteiger partial charge in [0.2, 0.25) is 0 Å². The van der Waals surface area contributed by atoms with Gasteiger partial charge in [-0.05, 0) is 19.0 Å². The number of nitrogens with two attached hydrogens (primary N) is 1. The van der Waals surface area contributed by atoms with E-state index in [9.17, 15) is 13.2 Å². The van der Waals surface area contributed by atoms with Gasteiger partial charge in [-0.25, -0.2) is 0 Å². The molecule has 2 rings (SSSR count). The van der Waals surface area contributed by atoms with Crippen molar-refractivity contribution < 1.29 is 22.6 Å². The van der Waals surface area contributed by atoms with Gasteiger partial charge in [-0.15, -0.1) is 13.2 Å². The Balaban J connectivity index is 2.02. The zero-order chi connectivity index (χ0) is 15.3. The molecule has 0 spiro atoms. The highest BCUT2D eigenvalue weighted by Crippen LogP contribution is 2.27. The Hall–Kier alpha value is -1.31. The van der Waals surface area contributed by atoms with E-state index in [2.05, 4.69) is 9.64 Å². The number of ether oxygens (including phenoxy) is 2. The standard InChI is InChI=1S/C14H19F3N2O2/c15-14(16,17)21-13-4-2-1-3-11(13)9-19-7-8-20-12(10-19)5-6-18/h1-4,12H,5-10,18H2/t12-/m0/s1. The molecule has 1 aliphatic rings. The van der Waals surface area contributed by atoms with Crippen molar-refractivity contribution in [1.82, 2.24) is 4.90 Å². The first kappa shape index (κ1) is 16.1. The summed E-state index contributed by atoms with van der Waals surface area (Å²) in [5.41, 5.74) is 6.02. The lowest BCUT2D eigenvalue weighted by Gasteiger charge is -2.33. The van der Waals surface area contributed by atoms with Gasteiger partial charge in [-0.1, -0.05) is 18.2 Å². The Morgan fingerprint density at radius 2 is 2.10 bits per heavy atom. The first-order valence-corrected chi connectivity index (χ1v) is 6.85. The van der Waals surface area contributed by atoms with Crippen molar-refractivity contribution in [3.05, 3.63) is 29.8 Å². The molecule has 7 heteroatoms. The van der Waals surface area contributed by atoms with Crippen LogP contribution in [0.5, 0.6) is 5.75 Å². The highest BCUT2D eigenvalue weighted by molar-refractivity contribution is 5.33. The smallest absolute Gasteiger partial charge is 0.405 e. The number of para-hydroxylation sites is 1. The van der Waals surface area contributed by atoms with Crippen LogP contribution >= 0.6 is 0 Å². The summed E-state index contributed by atoms with van der Waals surface area (Å²) in [6.07, 6.45) is -3.89. The van der Waals surface area contributed by atoms with Crippen LogP contribution in [0.3, 0.4) is 0 Å². The highest BCUT2D eigenvalue weighted by Gasteiger charge is 2.32. The fourth-order valence-corrected chi connectivity index (χ4v) is 2.38. The lowest BCUT2D eigenvalue weighted by atomic mass is 10.1. The second kappa shape index (κ2) is 7.11. The molecule has 0 aliphatic carbocycles. The van der Waals surface area contributed by atoms with Gasteiger partial charge >= 0.3 is 6.36 Å². The van der Waals surface area contributed by atoms with Crippen molar-refractivity contribution in [2.45, 2.75) is 25.4 Å². The Kier molecular flexibility index (Phi) is 5.44. The third kappa shape index (κ3) is 5.18. The fourth-order valence-electron chi connectivity index (χ4n) is 2.38. The van der Waals surface area contributed by atoms with Gasteiger partial charge in [0.1, 0.15) is 5.75 Å². The molecule has 0 aromatic heterocycles. The number of morpholine rings is 1. The minimum Gasteiger partial charge on any atom is -0.405 e. The van der Waals surface area contributed by atoms with E-state index in [1.807, 2.05) is 0 Å². The Labute approximate surface area is 121 Å².